The molecule has 0 saturated carbocycles. The molecule has 0 fully saturated rings. The number of aliphatic hydroxyl groups is 3. The van der Waals surface area contributed by atoms with E-state index >= 15 is 0 Å². The van der Waals surface area contributed by atoms with Gasteiger partial charge in [0.15, 0.2) is 0 Å². The SMILES string of the molecule is CCCCCCCCCCCCCCCCCC[P+](=O)C(O)C(O)CO. The number of aliphatic hydroxyl groups excluding tert-OH is 3. The Hall–Kier alpha value is -0.0200. The van der Waals surface area contributed by atoms with Gasteiger partial charge in [0.1, 0.15) is 12.3 Å². The molecule has 3 atom stereocenters. The highest BCUT2D eigenvalue weighted by atomic mass is 31.1. The Morgan fingerprint density at radius 3 is 1.35 bits per heavy atom. The Balaban J connectivity index is 3.21. The summed E-state index contributed by atoms with van der Waals surface area (Å²) in [7, 11) is -1.83. The Morgan fingerprint density at radius 1 is 0.654 bits per heavy atom. The fourth-order valence-corrected chi connectivity index (χ4v) is 4.51. The highest BCUT2D eigenvalue weighted by Gasteiger charge is 2.33. The van der Waals surface area contributed by atoms with Crippen LogP contribution in [-0.2, 0) is 4.57 Å². The highest BCUT2D eigenvalue weighted by molar-refractivity contribution is 7.45. The minimum atomic E-state index is -1.83. The van der Waals surface area contributed by atoms with Crippen molar-refractivity contribution in [2.24, 2.45) is 0 Å². The van der Waals surface area contributed by atoms with Gasteiger partial charge in [-0.3, -0.25) is 0 Å². The van der Waals surface area contributed by atoms with Crippen molar-refractivity contribution in [2.45, 2.75) is 122 Å². The molecule has 5 heteroatoms. The minimum absolute atomic E-state index is 0.437. The van der Waals surface area contributed by atoms with Crippen LogP contribution in [0.3, 0.4) is 0 Å². The molecule has 0 saturated heterocycles. The first-order valence-electron chi connectivity index (χ1n) is 11.0. The highest BCUT2D eigenvalue weighted by Crippen LogP contribution is 2.30. The van der Waals surface area contributed by atoms with Crippen LogP contribution in [-0.4, -0.2) is 40.0 Å². The molecule has 0 aliphatic heterocycles. The van der Waals surface area contributed by atoms with Crippen LogP contribution in [0.1, 0.15) is 110 Å². The van der Waals surface area contributed by atoms with E-state index in [1.807, 2.05) is 0 Å². The Kier molecular flexibility index (Phi) is 19.7. The van der Waals surface area contributed by atoms with Crippen LogP contribution >= 0.6 is 7.80 Å². The van der Waals surface area contributed by atoms with Crippen LogP contribution in [0.5, 0.6) is 0 Å². The van der Waals surface area contributed by atoms with Crippen molar-refractivity contribution >= 4 is 7.80 Å². The lowest BCUT2D eigenvalue weighted by atomic mass is 10.0. The summed E-state index contributed by atoms with van der Waals surface area (Å²) in [6.07, 6.45) is 19.9. The van der Waals surface area contributed by atoms with E-state index in [1.54, 1.807) is 0 Å². The van der Waals surface area contributed by atoms with E-state index in [2.05, 4.69) is 6.92 Å². The molecule has 156 valence electrons. The van der Waals surface area contributed by atoms with E-state index in [0.29, 0.717) is 6.16 Å². The van der Waals surface area contributed by atoms with Gasteiger partial charge < -0.3 is 15.3 Å². The quantitative estimate of drug-likeness (QED) is 0.182. The van der Waals surface area contributed by atoms with Gasteiger partial charge >= 0.3 is 7.80 Å². The normalized spacial score (nSPS) is 14.4. The van der Waals surface area contributed by atoms with Crippen molar-refractivity contribution < 1.29 is 19.9 Å². The average Bonchev–Trinajstić information content (AvgIpc) is 2.66. The third-order valence-electron chi connectivity index (χ3n) is 5.06. The molecule has 0 bridgehead atoms. The van der Waals surface area contributed by atoms with Crippen LogP contribution in [0.15, 0.2) is 0 Å². The Bertz CT molecular complexity index is 312. The summed E-state index contributed by atoms with van der Waals surface area (Å²) < 4.78 is 11.7. The first kappa shape index (κ1) is 26.0. The second-order valence-electron chi connectivity index (χ2n) is 7.61. The van der Waals surface area contributed by atoms with E-state index in [9.17, 15) is 14.8 Å². The second-order valence-corrected chi connectivity index (χ2v) is 9.42. The molecular formula is C21H44O4P+. The molecule has 0 heterocycles. The molecular weight excluding hydrogens is 347 g/mol. The number of hydrogen-bond donors (Lipinski definition) is 3. The molecule has 3 unspecified atom stereocenters. The summed E-state index contributed by atoms with van der Waals surface area (Å²) in [6.45, 7) is 1.72. The standard InChI is InChI=1S/C21H44O4P/c1-2-3-4-5-6-7-8-9-10-11-12-13-14-15-16-17-18-26(25)21(24)20(23)19-22/h20-24H,2-19H2,1H3/q+1. The molecule has 0 aliphatic carbocycles. The maximum absolute atomic E-state index is 11.7. The summed E-state index contributed by atoms with van der Waals surface area (Å²) in [6, 6.07) is 0. The van der Waals surface area contributed by atoms with Crippen molar-refractivity contribution in [1.29, 1.82) is 0 Å². The van der Waals surface area contributed by atoms with Gasteiger partial charge in [0.25, 0.3) is 5.85 Å². The van der Waals surface area contributed by atoms with E-state index in [-0.39, 0.29) is 0 Å². The third-order valence-corrected chi connectivity index (χ3v) is 6.75. The van der Waals surface area contributed by atoms with Gasteiger partial charge in [-0.15, -0.1) is 0 Å². The number of rotatable bonds is 20. The first-order chi connectivity index (χ1) is 12.6. The lowest BCUT2D eigenvalue weighted by molar-refractivity contribution is 0.0245. The lowest BCUT2D eigenvalue weighted by Gasteiger charge is -2.06. The molecule has 0 spiro atoms. The van der Waals surface area contributed by atoms with Crippen molar-refractivity contribution in [3.63, 3.8) is 0 Å². The zero-order valence-electron chi connectivity index (χ0n) is 17.1. The molecule has 3 N–H and O–H groups in total. The van der Waals surface area contributed by atoms with Crippen molar-refractivity contribution in [2.75, 3.05) is 12.8 Å². The smallest absolute Gasteiger partial charge is 0.372 e. The van der Waals surface area contributed by atoms with E-state index in [0.717, 1.165) is 19.3 Å². The van der Waals surface area contributed by atoms with Crippen LogP contribution < -0.4 is 0 Å². The minimum Gasteiger partial charge on any atom is -0.393 e. The first-order valence-corrected chi connectivity index (χ1v) is 12.6. The number of hydrogen-bond acceptors (Lipinski definition) is 4. The molecule has 0 aromatic heterocycles. The number of unbranched alkanes of at least 4 members (excludes halogenated alkanes) is 15. The van der Waals surface area contributed by atoms with Gasteiger partial charge in [-0.25, -0.2) is 0 Å². The molecule has 4 nitrogen and oxygen atoms in total. The predicted octanol–water partition coefficient (Wildman–Crippen LogP) is 5.75. The zero-order chi connectivity index (χ0) is 19.5. The lowest BCUT2D eigenvalue weighted by Crippen LogP contribution is -2.26. The van der Waals surface area contributed by atoms with Crippen LogP contribution in [0.25, 0.3) is 0 Å². The maximum atomic E-state index is 11.7. The Morgan fingerprint density at radius 2 is 1.00 bits per heavy atom. The van der Waals surface area contributed by atoms with Gasteiger partial charge in [0.05, 0.1) is 6.61 Å². The van der Waals surface area contributed by atoms with Crippen molar-refractivity contribution in [3.8, 4) is 0 Å². The summed E-state index contributed by atoms with van der Waals surface area (Å²) in [4.78, 5) is 0. The monoisotopic (exact) mass is 391 g/mol. The molecule has 0 rings (SSSR count). The van der Waals surface area contributed by atoms with Gasteiger partial charge in [-0.1, -0.05) is 101 Å². The zero-order valence-corrected chi connectivity index (χ0v) is 18.0. The average molecular weight is 392 g/mol. The summed E-state index contributed by atoms with van der Waals surface area (Å²) in [5, 5.41) is 27.5. The second kappa shape index (κ2) is 19.7. The Labute approximate surface area is 162 Å². The maximum Gasteiger partial charge on any atom is 0.372 e. The van der Waals surface area contributed by atoms with Crippen molar-refractivity contribution in [1.82, 2.24) is 0 Å². The summed E-state index contributed by atoms with van der Waals surface area (Å²) in [5.74, 6) is -1.29. The van der Waals surface area contributed by atoms with Crippen LogP contribution in [0, 0.1) is 0 Å². The predicted molar refractivity (Wildman–Crippen MR) is 111 cm³/mol. The van der Waals surface area contributed by atoms with E-state index in [4.69, 9.17) is 5.11 Å². The van der Waals surface area contributed by atoms with E-state index < -0.39 is 26.4 Å². The van der Waals surface area contributed by atoms with E-state index in [1.165, 1.54) is 83.5 Å². The van der Waals surface area contributed by atoms with Crippen molar-refractivity contribution in [3.05, 3.63) is 0 Å². The van der Waals surface area contributed by atoms with Gasteiger partial charge in [0.2, 0.25) is 0 Å². The van der Waals surface area contributed by atoms with Crippen LogP contribution in [0.2, 0.25) is 0 Å². The molecule has 26 heavy (non-hydrogen) atoms. The van der Waals surface area contributed by atoms with Gasteiger partial charge in [0, 0.05) is 0 Å². The van der Waals surface area contributed by atoms with Gasteiger partial charge in [-0.05, 0) is 12.8 Å². The fourth-order valence-electron chi connectivity index (χ4n) is 3.23. The van der Waals surface area contributed by atoms with Crippen LogP contribution in [0.4, 0.5) is 0 Å². The topological polar surface area (TPSA) is 77.8 Å². The fraction of sp³-hybridized carbons (Fsp3) is 1.00. The van der Waals surface area contributed by atoms with Gasteiger partial charge in [-0.2, -0.15) is 0 Å². The molecule has 0 radical (unpaired) electrons. The molecule has 0 aromatic carbocycles. The third kappa shape index (κ3) is 16.2. The summed E-state index contributed by atoms with van der Waals surface area (Å²) in [5.41, 5.74) is 0. The molecule has 0 aliphatic rings. The molecule has 0 amide bonds. The largest absolute Gasteiger partial charge is 0.393 e. The molecule has 0 aromatic rings. The summed E-state index contributed by atoms with van der Waals surface area (Å²) >= 11 is 0.